The summed E-state index contributed by atoms with van der Waals surface area (Å²) >= 11 is 0. The Morgan fingerprint density at radius 1 is 1.28 bits per heavy atom. The van der Waals surface area contributed by atoms with Crippen molar-refractivity contribution >= 4 is 5.91 Å². The van der Waals surface area contributed by atoms with Gasteiger partial charge in [0.2, 0.25) is 5.91 Å². The standard InChI is InChI=1S/C13H24N2O3/c1-10-6-15(7-11(2)18-10)13(17)9-14-5-3-4-12(16)8-14/h10-12,16H,3-9H2,1-2H3/t10?,11?,12-/m0/s1. The van der Waals surface area contributed by atoms with Gasteiger partial charge in [0.1, 0.15) is 0 Å². The summed E-state index contributed by atoms with van der Waals surface area (Å²) < 4.78 is 5.63. The number of β-amino-alcohol motifs (C(OH)–C–C–N with tert-alkyl or cyclic N) is 1. The third-order valence-corrected chi connectivity index (χ3v) is 3.61. The first-order valence-electron chi connectivity index (χ1n) is 6.88. The molecule has 0 aliphatic carbocycles. The molecule has 2 rings (SSSR count). The second-order valence-electron chi connectivity index (χ2n) is 5.59. The predicted molar refractivity (Wildman–Crippen MR) is 68.3 cm³/mol. The molecule has 1 amide bonds. The van der Waals surface area contributed by atoms with Gasteiger partial charge in [-0.05, 0) is 33.2 Å². The molecule has 5 nitrogen and oxygen atoms in total. The zero-order chi connectivity index (χ0) is 13.1. The van der Waals surface area contributed by atoms with Crippen molar-refractivity contribution in [2.75, 3.05) is 32.7 Å². The molecule has 2 aliphatic heterocycles. The van der Waals surface area contributed by atoms with Crippen LogP contribution >= 0.6 is 0 Å². The van der Waals surface area contributed by atoms with Crippen molar-refractivity contribution in [1.82, 2.24) is 9.80 Å². The van der Waals surface area contributed by atoms with Crippen LogP contribution in [0.3, 0.4) is 0 Å². The zero-order valence-electron chi connectivity index (χ0n) is 11.3. The smallest absolute Gasteiger partial charge is 0.236 e. The van der Waals surface area contributed by atoms with Gasteiger partial charge < -0.3 is 14.7 Å². The molecular weight excluding hydrogens is 232 g/mol. The van der Waals surface area contributed by atoms with E-state index in [2.05, 4.69) is 4.90 Å². The van der Waals surface area contributed by atoms with E-state index in [4.69, 9.17) is 4.74 Å². The SMILES string of the molecule is CC1CN(C(=O)CN2CCC[C@H](O)C2)CC(C)O1. The number of carbonyl (C=O) groups is 1. The number of likely N-dealkylation sites (tertiary alicyclic amines) is 1. The molecule has 0 bridgehead atoms. The van der Waals surface area contributed by atoms with E-state index >= 15 is 0 Å². The van der Waals surface area contributed by atoms with Crippen molar-refractivity contribution < 1.29 is 14.6 Å². The van der Waals surface area contributed by atoms with Crippen molar-refractivity contribution in [3.8, 4) is 0 Å². The Morgan fingerprint density at radius 3 is 2.56 bits per heavy atom. The van der Waals surface area contributed by atoms with Crippen molar-refractivity contribution in [3.63, 3.8) is 0 Å². The second kappa shape index (κ2) is 5.99. The molecule has 0 aromatic carbocycles. The Hall–Kier alpha value is -0.650. The van der Waals surface area contributed by atoms with E-state index < -0.39 is 0 Å². The first kappa shape index (κ1) is 13.8. The molecule has 1 N–H and O–H groups in total. The van der Waals surface area contributed by atoms with E-state index in [1.54, 1.807) is 0 Å². The Labute approximate surface area is 109 Å². The number of nitrogens with zero attached hydrogens (tertiary/aromatic N) is 2. The summed E-state index contributed by atoms with van der Waals surface area (Å²) in [7, 11) is 0. The minimum atomic E-state index is -0.269. The third-order valence-electron chi connectivity index (χ3n) is 3.61. The molecular formula is C13H24N2O3. The van der Waals surface area contributed by atoms with Crippen LogP contribution in [0.15, 0.2) is 0 Å². The number of hydrogen-bond donors (Lipinski definition) is 1. The molecule has 5 heteroatoms. The number of aliphatic hydroxyl groups is 1. The van der Waals surface area contributed by atoms with Gasteiger partial charge in [0.25, 0.3) is 0 Å². The zero-order valence-corrected chi connectivity index (χ0v) is 11.3. The quantitative estimate of drug-likeness (QED) is 0.760. The van der Waals surface area contributed by atoms with Crippen LogP contribution in [0.4, 0.5) is 0 Å². The van der Waals surface area contributed by atoms with Crippen molar-refractivity contribution in [1.29, 1.82) is 0 Å². The van der Waals surface area contributed by atoms with Gasteiger partial charge in [0.05, 0.1) is 24.9 Å². The van der Waals surface area contributed by atoms with Crippen molar-refractivity contribution in [3.05, 3.63) is 0 Å². The molecule has 3 atom stereocenters. The normalized spacial score (nSPS) is 34.6. The van der Waals surface area contributed by atoms with Crippen LogP contribution in [-0.2, 0) is 9.53 Å². The lowest BCUT2D eigenvalue weighted by Gasteiger charge is -2.37. The van der Waals surface area contributed by atoms with Crippen molar-refractivity contribution in [2.45, 2.75) is 45.0 Å². The molecule has 2 heterocycles. The summed E-state index contributed by atoms with van der Waals surface area (Å²) in [6.45, 7) is 7.33. The Bertz CT molecular complexity index is 288. The van der Waals surface area contributed by atoms with Crippen LogP contribution < -0.4 is 0 Å². The maximum Gasteiger partial charge on any atom is 0.236 e. The van der Waals surface area contributed by atoms with Crippen LogP contribution in [-0.4, -0.2) is 71.8 Å². The predicted octanol–water partition coefficient (Wildman–Crippen LogP) is 0.0789. The lowest BCUT2D eigenvalue weighted by Crippen LogP contribution is -2.52. The third kappa shape index (κ3) is 3.67. The molecule has 2 aliphatic rings. The van der Waals surface area contributed by atoms with E-state index in [1.165, 1.54) is 0 Å². The summed E-state index contributed by atoms with van der Waals surface area (Å²) in [6, 6.07) is 0. The molecule has 0 radical (unpaired) electrons. The van der Waals surface area contributed by atoms with Gasteiger partial charge >= 0.3 is 0 Å². The van der Waals surface area contributed by atoms with Gasteiger partial charge in [0.15, 0.2) is 0 Å². The largest absolute Gasteiger partial charge is 0.392 e. The van der Waals surface area contributed by atoms with E-state index in [-0.39, 0.29) is 24.2 Å². The topological polar surface area (TPSA) is 53.0 Å². The average molecular weight is 256 g/mol. The van der Waals surface area contributed by atoms with Gasteiger partial charge in [0, 0.05) is 19.6 Å². The second-order valence-corrected chi connectivity index (χ2v) is 5.59. The summed E-state index contributed by atoms with van der Waals surface area (Å²) in [6.07, 6.45) is 1.80. The molecule has 18 heavy (non-hydrogen) atoms. The van der Waals surface area contributed by atoms with Crippen LogP contribution in [0.5, 0.6) is 0 Å². The number of rotatable bonds is 2. The highest BCUT2D eigenvalue weighted by Gasteiger charge is 2.28. The summed E-state index contributed by atoms with van der Waals surface area (Å²) in [4.78, 5) is 16.2. The van der Waals surface area contributed by atoms with E-state index in [0.717, 1.165) is 19.4 Å². The lowest BCUT2D eigenvalue weighted by atomic mass is 10.1. The lowest BCUT2D eigenvalue weighted by molar-refractivity contribution is -0.144. The van der Waals surface area contributed by atoms with Gasteiger partial charge in [-0.3, -0.25) is 9.69 Å². The summed E-state index contributed by atoms with van der Waals surface area (Å²) in [5.74, 6) is 0.158. The van der Waals surface area contributed by atoms with Gasteiger partial charge in [-0.15, -0.1) is 0 Å². The number of amides is 1. The number of piperidine rings is 1. The van der Waals surface area contributed by atoms with Gasteiger partial charge in [-0.2, -0.15) is 0 Å². The number of morpholine rings is 1. The highest BCUT2D eigenvalue weighted by molar-refractivity contribution is 5.78. The van der Waals surface area contributed by atoms with Gasteiger partial charge in [-0.25, -0.2) is 0 Å². The molecule has 2 fully saturated rings. The Morgan fingerprint density at radius 2 is 1.94 bits per heavy atom. The monoisotopic (exact) mass is 256 g/mol. The molecule has 2 saturated heterocycles. The van der Waals surface area contributed by atoms with E-state index in [0.29, 0.717) is 26.2 Å². The van der Waals surface area contributed by atoms with E-state index in [9.17, 15) is 9.90 Å². The fourth-order valence-corrected chi connectivity index (χ4v) is 2.85. The fourth-order valence-electron chi connectivity index (χ4n) is 2.85. The van der Waals surface area contributed by atoms with Crippen LogP contribution in [0.1, 0.15) is 26.7 Å². The highest BCUT2D eigenvalue weighted by atomic mass is 16.5. The molecule has 0 aromatic heterocycles. The molecule has 0 saturated carbocycles. The first-order chi connectivity index (χ1) is 8.54. The average Bonchev–Trinajstić information content (AvgIpc) is 2.27. The number of hydrogen-bond acceptors (Lipinski definition) is 4. The summed E-state index contributed by atoms with van der Waals surface area (Å²) in [5.41, 5.74) is 0. The minimum Gasteiger partial charge on any atom is -0.392 e. The molecule has 104 valence electrons. The van der Waals surface area contributed by atoms with Crippen LogP contribution in [0.2, 0.25) is 0 Å². The number of aliphatic hydroxyl groups excluding tert-OH is 1. The summed E-state index contributed by atoms with van der Waals surface area (Å²) in [5, 5.41) is 9.60. The molecule has 0 spiro atoms. The van der Waals surface area contributed by atoms with E-state index in [1.807, 2.05) is 18.7 Å². The van der Waals surface area contributed by atoms with Crippen molar-refractivity contribution in [2.24, 2.45) is 0 Å². The first-order valence-corrected chi connectivity index (χ1v) is 6.88. The number of ether oxygens (including phenoxy) is 1. The maximum absolute atomic E-state index is 12.2. The molecule has 2 unspecified atom stereocenters. The maximum atomic E-state index is 12.2. The van der Waals surface area contributed by atoms with Gasteiger partial charge in [-0.1, -0.05) is 0 Å². The minimum absolute atomic E-state index is 0.115. The number of carbonyl (C=O) groups excluding carboxylic acids is 1. The van der Waals surface area contributed by atoms with Crippen LogP contribution in [0, 0.1) is 0 Å². The Balaban J connectivity index is 1.83. The fraction of sp³-hybridized carbons (Fsp3) is 0.923. The van der Waals surface area contributed by atoms with Crippen LogP contribution in [0.25, 0.3) is 0 Å². The highest BCUT2D eigenvalue weighted by Crippen LogP contribution is 2.13. The Kier molecular flexibility index (Phi) is 4.59. The molecule has 0 aromatic rings.